The van der Waals surface area contributed by atoms with Crippen LogP contribution in [0.3, 0.4) is 0 Å². The minimum atomic E-state index is -3.11. The number of halogens is 4. The first-order chi connectivity index (χ1) is 6.43. The van der Waals surface area contributed by atoms with Crippen molar-refractivity contribution in [2.75, 3.05) is 0 Å². The molecule has 0 aliphatic rings. The SMILES string of the molecule is O=C(Cl)c1nc(C(F)F)c(O)cc1F. The summed E-state index contributed by atoms with van der Waals surface area (Å²) < 4.78 is 37.0. The molecule has 0 saturated heterocycles. The van der Waals surface area contributed by atoms with Gasteiger partial charge in [-0.15, -0.1) is 0 Å². The number of hydrogen-bond donors (Lipinski definition) is 1. The first kappa shape index (κ1) is 10.8. The van der Waals surface area contributed by atoms with Crippen LogP contribution in [0, 0.1) is 5.82 Å². The zero-order valence-electron chi connectivity index (χ0n) is 6.47. The third-order valence-electron chi connectivity index (χ3n) is 1.38. The third-order valence-corrected chi connectivity index (χ3v) is 1.56. The van der Waals surface area contributed by atoms with E-state index < -0.39 is 34.6 Å². The molecule has 0 amide bonds. The Balaban J connectivity index is 3.34. The van der Waals surface area contributed by atoms with E-state index in [9.17, 15) is 18.0 Å². The van der Waals surface area contributed by atoms with Gasteiger partial charge in [0.25, 0.3) is 11.7 Å². The van der Waals surface area contributed by atoms with Gasteiger partial charge in [0.05, 0.1) is 0 Å². The second-order valence-corrected chi connectivity index (χ2v) is 2.64. The molecule has 3 nitrogen and oxygen atoms in total. The van der Waals surface area contributed by atoms with Crippen LogP contribution in [-0.4, -0.2) is 15.3 Å². The van der Waals surface area contributed by atoms with Crippen molar-refractivity contribution in [2.24, 2.45) is 0 Å². The molecule has 0 aliphatic carbocycles. The molecular weight excluding hydrogens is 223 g/mol. The van der Waals surface area contributed by atoms with E-state index in [1.54, 1.807) is 0 Å². The average Bonchev–Trinajstić information content (AvgIpc) is 2.02. The van der Waals surface area contributed by atoms with E-state index in [0.29, 0.717) is 6.07 Å². The summed E-state index contributed by atoms with van der Waals surface area (Å²) in [4.78, 5) is 13.4. The molecule has 1 heterocycles. The smallest absolute Gasteiger partial charge is 0.284 e. The number of rotatable bonds is 2. The van der Waals surface area contributed by atoms with E-state index in [1.807, 2.05) is 0 Å². The van der Waals surface area contributed by atoms with Crippen LogP contribution in [0.4, 0.5) is 13.2 Å². The summed E-state index contributed by atoms with van der Waals surface area (Å²) in [5, 5.41) is 7.53. The second-order valence-electron chi connectivity index (χ2n) is 2.30. The van der Waals surface area contributed by atoms with E-state index >= 15 is 0 Å². The third kappa shape index (κ3) is 1.95. The molecule has 1 aromatic rings. The average molecular weight is 226 g/mol. The first-order valence-corrected chi connectivity index (χ1v) is 3.68. The maximum atomic E-state index is 12.8. The highest BCUT2D eigenvalue weighted by Gasteiger charge is 2.21. The maximum absolute atomic E-state index is 12.8. The van der Waals surface area contributed by atoms with Crippen molar-refractivity contribution in [1.29, 1.82) is 0 Å². The summed E-state index contributed by atoms with van der Waals surface area (Å²) in [5.41, 5.74) is -2.00. The molecule has 0 aliphatic heterocycles. The summed E-state index contributed by atoms with van der Waals surface area (Å²) in [6, 6.07) is 0.365. The van der Waals surface area contributed by atoms with Gasteiger partial charge in [0, 0.05) is 6.07 Å². The highest BCUT2D eigenvalue weighted by Crippen LogP contribution is 2.27. The fourth-order valence-electron chi connectivity index (χ4n) is 0.792. The molecule has 0 saturated carbocycles. The van der Waals surface area contributed by atoms with Crippen LogP contribution >= 0.6 is 11.6 Å². The lowest BCUT2D eigenvalue weighted by Crippen LogP contribution is -2.03. The molecular formula is C7H3ClF3NO2. The Morgan fingerprint density at radius 3 is 2.57 bits per heavy atom. The number of carbonyl (C=O) groups is 1. The van der Waals surface area contributed by atoms with Crippen molar-refractivity contribution in [1.82, 2.24) is 4.98 Å². The van der Waals surface area contributed by atoms with Crippen LogP contribution in [0.1, 0.15) is 22.6 Å². The number of alkyl halides is 2. The minimum Gasteiger partial charge on any atom is -0.506 e. The standard InChI is InChI=1S/C7H3ClF3NO2/c8-6(14)4-2(9)1-3(13)5(12-4)7(10)11/h1,7,13H. The van der Waals surface area contributed by atoms with Crippen molar-refractivity contribution in [3.8, 4) is 5.75 Å². The summed E-state index contributed by atoms with van der Waals surface area (Å²) in [6.07, 6.45) is -3.11. The minimum absolute atomic E-state index is 0.365. The van der Waals surface area contributed by atoms with E-state index in [4.69, 9.17) is 16.7 Å². The molecule has 0 fully saturated rings. The van der Waals surface area contributed by atoms with Gasteiger partial charge in [0.1, 0.15) is 11.4 Å². The molecule has 14 heavy (non-hydrogen) atoms. The molecule has 0 radical (unpaired) electrons. The van der Waals surface area contributed by atoms with Gasteiger partial charge in [0.15, 0.2) is 11.5 Å². The largest absolute Gasteiger partial charge is 0.506 e. The maximum Gasteiger partial charge on any atom is 0.284 e. The van der Waals surface area contributed by atoms with Crippen molar-refractivity contribution in [3.63, 3.8) is 0 Å². The van der Waals surface area contributed by atoms with Gasteiger partial charge in [-0.25, -0.2) is 18.2 Å². The van der Waals surface area contributed by atoms with Gasteiger partial charge in [-0.1, -0.05) is 0 Å². The van der Waals surface area contributed by atoms with Crippen molar-refractivity contribution >= 4 is 16.8 Å². The molecule has 76 valence electrons. The second kappa shape index (κ2) is 3.83. The fourth-order valence-corrected chi connectivity index (χ4v) is 0.924. The predicted molar refractivity (Wildman–Crippen MR) is 41.0 cm³/mol. The Kier molecular flexibility index (Phi) is 2.95. The molecule has 0 atom stereocenters. The molecule has 1 rings (SSSR count). The Bertz CT molecular complexity index is 383. The van der Waals surface area contributed by atoms with Crippen molar-refractivity contribution < 1.29 is 23.1 Å². The number of aromatic hydroxyl groups is 1. The van der Waals surface area contributed by atoms with E-state index in [-0.39, 0.29) is 0 Å². The summed E-state index contributed by atoms with van der Waals surface area (Å²) in [6.45, 7) is 0. The van der Waals surface area contributed by atoms with Gasteiger partial charge >= 0.3 is 0 Å². The topological polar surface area (TPSA) is 50.2 Å². The van der Waals surface area contributed by atoms with Gasteiger partial charge in [0.2, 0.25) is 0 Å². The zero-order chi connectivity index (χ0) is 10.9. The van der Waals surface area contributed by atoms with Crippen LogP contribution in [0.2, 0.25) is 0 Å². The highest BCUT2D eigenvalue weighted by molar-refractivity contribution is 6.67. The predicted octanol–water partition coefficient (Wildman–Crippen LogP) is 2.24. The normalized spacial score (nSPS) is 10.6. The fraction of sp³-hybridized carbons (Fsp3) is 0.143. The Morgan fingerprint density at radius 1 is 1.57 bits per heavy atom. The first-order valence-electron chi connectivity index (χ1n) is 3.31. The quantitative estimate of drug-likeness (QED) is 0.786. The monoisotopic (exact) mass is 225 g/mol. The summed E-state index contributed by atoms with van der Waals surface area (Å²) >= 11 is 4.87. The number of hydrogen-bond acceptors (Lipinski definition) is 3. The van der Waals surface area contributed by atoms with Crippen LogP contribution in [-0.2, 0) is 0 Å². The zero-order valence-corrected chi connectivity index (χ0v) is 7.23. The van der Waals surface area contributed by atoms with E-state index in [0.717, 1.165) is 0 Å². The Hall–Kier alpha value is -1.30. The lowest BCUT2D eigenvalue weighted by Gasteiger charge is -2.04. The number of aromatic nitrogens is 1. The van der Waals surface area contributed by atoms with E-state index in [2.05, 4.69) is 4.98 Å². The molecule has 1 N–H and O–H groups in total. The van der Waals surface area contributed by atoms with Crippen LogP contribution in [0.15, 0.2) is 6.07 Å². The molecule has 0 bridgehead atoms. The van der Waals surface area contributed by atoms with Gasteiger partial charge in [-0.3, -0.25) is 4.79 Å². The lowest BCUT2D eigenvalue weighted by atomic mass is 10.2. The van der Waals surface area contributed by atoms with Crippen molar-refractivity contribution in [3.05, 3.63) is 23.3 Å². The Morgan fingerprint density at radius 2 is 2.14 bits per heavy atom. The van der Waals surface area contributed by atoms with Crippen LogP contribution < -0.4 is 0 Å². The van der Waals surface area contributed by atoms with Gasteiger partial charge in [-0.2, -0.15) is 0 Å². The Labute approximate surface area is 81.1 Å². The molecule has 1 aromatic heterocycles. The number of nitrogens with zero attached hydrogens (tertiary/aromatic N) is 1. The molecule has 0 unspecified atom stereocenters. The summed E-state index contributed by atoms with van der Waals surface area (Å²) in [5.74, 6) is -2.26. The molecule has 7 heteroatoms. The lowest BCUT2D eigenvalue weighted by molar-refractivity contribution is 0.107. The number of pyridine rings is 1. The molecule has 0 spiro atoms. The van der Waals surface area contributed by atoms with Gasteiger partial charge < -0.3 is 5.11 Å². The number of carbonyl (C=O) groups excluding carboxylic acids is 1. The van der Waals surface area contributed by atoms with Crippen LogP contribution in [0.5, 0.6) is 5.75 Å². The van der Waals surface area contributed by atoms with Gasteiger partial charge in [-0.05, 0) is 11.6 Å². The van der Waals surface area contributed by atoms with Crippen LogP contribution in [0.25, 0.3) is 0 Å². The highest BCUT2D eigenvalue weighted by atomic mass is 35.5. The van der Waals surface area contributed by atoms with E-state index in [1.165, 1.54) is 0 Å². The molecule has 0 aromatic carbocycles. The van der Waals surface area contributed by atoms with Crippen molar-refractivity contribution in [2.45, 2.75) is 6.43 Å². The summed E-state index contributed by atoms with van der Waals surface area (Å²) in [7, 11) is 0.